The van der Waals surface area contributed by atoms with Crippen molar-refractivity contribution in [3.8, 4) is 5.75 Å². The number of nitrogens with one attached hydrogen (secondary N) is 1. The Kier molecular flexibility index (Phi) is 3.00. The lowest BCUT2D eigenvalue weighted by Crippen LogP contribution is -2.14. The van der Waals surface area contributed by atoms with Gasteiger partial charge >= 0.3 is 0 Å². The van der Waals surface area contributed by atoms with Crippen LogP contribution in [0.1, 0.15) is 16.1 Å². The van der Waals surface area contributed by atoms with E-state index >= 15 is 0 Å². The molecule has 0 aliphatic rings. The molecule has 0 atom stereocenters. The van der Waals surface area contributed by atoms with Crippen LogP contribution >= 0.6 is 0 Å². The van der Waals surface area contributed by atoms with E-state index in [1.165, 1.54) is 12.3 Å². The average Bonchev–Trinajstić information content (AvgIpc) is 2.32. The van der Waals surface area contributed by atoms with Gasteiger partial charge in [-0.15, -0.1) is 0 Å². The van der Waals surface area contributed by atoms with E-state index in [9.17, 15) is 9.90 Å². The van der Waals surface area contributed by atoms with Crippen molar-refractivity contribution in [1.29, 1.82) is 0 Å². The summed E-state index contributed by atoms with van der Waals surface area (Å²) in [4.78, 5) is 19.6. The third-order valence-corrected chi connectivity index (χ3v) is 2.27. The smallest absolute Gasteiger partial charge is 0.278 e. The molecule has 0 unspecified atom stereocenters. The summed E-state index contributed by atoms with van der Waals surface area (Å²) in [5, 5.41) is 12.2. The number of anilines is 1. The summed E-state index contributed by atoms with van der Waals surface area (Å²) in [5.74, 6) is -0.589. The van der Waals surface area contributed by atoms with Crippen LogP contribution < -0.4 is 5.32 Å². The number of amides is 1. The van der Waals surface area contributed by atoms with Crippen LogP contribution in [0.15, 0.2) is 36.8 Å². The average molecular weight is 229 g/mol. The second kappa shape index (κ2) is 4.61. The third-order valence-electron chi connectivity index (χ3n) is 2.27. The summed E-state index contributed by atoms with van der Waals surface area (Å²) in [6.45, 7) is 1.83. The van der Waals surface area contributed by atoms with Gasteiger partial charge in [-0.3, -0.25) is 9.78 Å². The van der Waals surface area contributed by atoms with Gasteiger partial charge in [0.25, 0.3) is 5.91 Å². The van der Waals surface area contributed by atoms with Crippen LogP contribution in [0.3, 0.4) is 0 Å². The second-order valence-corrected chi connectivity index (χ2v) is 3.52. The van der Waals surface area contributed by atoms with Crippen LogP contribution in [0.25, 0.3) is 0 Å². The molecule has 0 aromatic carbocycles. The highest BCUT2D eigenvalue weighted by Gasteiger charge is 2.12. The molecule has 1 amide bonds. The van der Waals surface area contributed by atoms with Gasteiger partial charge in [0.2, 0.25) is 0 Å². The second-order valence-electron chi connectivity index (χ2n) is 3.52. The molecular weight excluding hydrogens is 218 g/mol. The predicted molar refractivity (Wildman–Crippen MR) is 62.8 cm³/mol. The molecule has 17 heavy (non-hydrogen) atoms. The topological polar surface area (TPSA) is 75.1 Å². The largest absolute Gasteiger partial charge is 0.505 e. The molecule has 0 fully saturated rings. The Morgan fingerprint density at radius 2 is 2.18 bits per heavy atom. The zero-order valence-corrected chi connectivity index (χ0v) is 9.21. The lowest BCUT2D eigenvalue weighted by Gasteiger charge is -2.07. The molecule has 2 aromatic rings. The molecule has 2 N–H and O–H groups in total. The quantitative estimate of drug-likeness (QED) is 0.822. The molecule has 5 heteroatoms. The number of nitrogens with zero attached hydrogens (tertiary/aromatic N) is 2. The number of pyridine rings is 2. The molecule has 2 rings (SSSR count). The summed E-state index contributed by atoms with van der Waals surface area (Å²) < 4.78 is 0. The van der Waals surface area contributed by atoms with Gasteiger partial charge < -0.3 is 10.4 Å². The Morgan fingerprint density at radius 3 is 2.88 bits per heavy atom. The predicted octanol–water partition coefficient (Wildman–Crippen LogP) is 1.74. The molecule has 0 aliphatic heterocycles. The highest BCUT2D eigenvalue weighted by atomic mass is 16.3. The highest BCUT2D eigenvalue weighted by molar-refractivity contribution is 6.04. The number of aryl methyl sites for hydroxylation is 1. The number of carbonyl (C=O) groups is 1. The van der Waals surface area contributed by atoms with Crippen LogP contribution in [0.5, 0.6) is 5.75 Å². The summed E-state index contributed by atoms with van der Waals surface area (Å²) in [5.41, 5.74) is 1.50. The van der Waals surface area contributed by atoms with Crippen LogP contribution in [0, 0.1) is 6.92 Å². The SMILES string of the molecule is Cc1cnccc1NC(=O)c1ncccc1O. The minimum absolute atomic E-state index is 0.00344. The minimum atomic E-state index is -0.447. The minimum Gasteiger partial charge on any atom is -0.505 e. The van der Waals surface area contributed by atoms with Crippen LogP contribution in [0.2, 0.25) is 0 Å². The van der Waals surface area contributed by atoms with E-state index < -0.39 is 5.91 Å². The zero-order chi connectivity index (χ0) is 12.3. The molecule has 0 aliphatic carbocycles. The Balaban J connectivity index is 2.24. The van der Waals surface area contributed by atoms with Gasteiger partial charge in [0, 0.05) is 24.3 Å². The Morgan fingerprint density at radius 1 is 1.35 bits per heavy atom. The van der Waals surface area contributed by atoms with E-state index in [0.29, 0.717) is 5.69 Å². The first kappa shape index (κ1) is 11.1. The number of carbonyl (C=O) groups excluding carboxylic acids is 1. The van der Waals surface area contributed by atoms with Gasteiger partial charge in [-0.05, 0) is 30.7 Å². The maximum absolute atomic E-state index is 11.8. The Labute approximate surface area is 98.2 Å². The number of hydrogen-bond donors (Lipinski definition) is 2. The van der Waals surface area contributed by atoms with Crippen LogP contribution in [0.4, 0.5) is 5.69 Å². The van der Waals surface area contributed by atoms with E-state index in [-0.39, 0.29) is 11.4 Å². The molecule has 2 heterocycles. The molecular formula is C12H11N3O2. The fourth-order valence-electron chi connectivity index (χ4n) is 1.37. The van der Waals surface area contributed by atoms with Crippen molar-refractivity contribution in [2.24, 2.45) is 0 Å². The van der Waals surface area contributed by atoms with Crippen LogP contribution in [-0.2, 0) is 0 Å². The standard InChI is InChI=1S/C12H11N3O2/c1-8-7-13-6-4-9(8)15-12(17)11-10(16)3-2-5-14-11/h2-7,16H,1H3,(H,13,15,17). The van der Waals surface area contributed by atoms with Crippen molar-refractivity contribution in [3.63, 3.8) is 0 Å². The van der Waals surface area contributed by atoms with Crippen LogP contribution in [-0.4, -0.2) is 21.0 Å². The molecule has 0 saturated heterocycles. The normalized spacial score (nSPS) is 9.94. The van der Waals surface area contributed by atoms with Crippen molar-refractivity contribution in [2.45, 2.75) is 6.92 Å². The van der Waals surface area contributed by atoms with Gasteiger partial charge in [-0.25, -0.2) is 4.98 Å². The molecule has 0 spiro atoms. The molecule has 86 valence electrons. The van der Waals surface area contributed by atoms with Gasteiger partial charge in [0.1, 0.15) is 5.75 Å². The summed E-state index contributed by atoms with van der Waals surface area (Å²) in [6.07, 6.45) is 4.68. The van der Waals surface area contributed by atoms with Crippen molar-refractivity contribution in [2.75, 3.05) is 5.32 Å². The van der Waals surface area contributed by atoms with Gasteiger partial charge in [-0.2, -0.15) is 0 Å². The number of aromatic nitrogens is 2. The number of rotatable bonds is 2. The summed E-state index contributed by atoms with van der Waals surface area (Å²) in [6, 6.07) is 4.67. The maximum Gasteiger partial charge on any atom is 0.278 e. The molecule has 2 aromatic heterocycles. The molecule has 0 saturated carbocycles. The first-order valence-electron chi connectivity index (χ1n) is 5.04. The summed E-state index contributed by atoms with van der Waals surface area (Å²) in [7, 11) is 0. The van der Waals surface area contributed by atoms with Crippen molar-refractivity contribution >= 4 is 11.6 Å². The first-order valence-corrected chi connectivity index (χ1v) is 5.04. The van der Waals surface area contributed by atoms with E-state index in [0.717, 1.165) is 5.56 Å². The van der Waals surface area contributed by atoms with E-state index in [1.54, 1.807) is 24.5 Å². The van der Waals surface area contributed by atoms with E-state index in [2.05, 4.69) is 15.3 Å². The van der Waals surface area contributed by atoms with Gasteiger partial charge in [-0.1, -0.05) is 0 Å². The number of hydrogen-bond acceptors (Lipinski definition) is 4. The van der Waals surface area contributed by atoms with Crippen molar-refractivity contribution < 1.29 is 9.90 Å². The third kappa shape index (κ3) is 2.39. The number of aromatic hydroxyl groups is 1. The van der Waals surface area contributed by atoms with Crippen molar-refractivity contribution in [3.05, 3.63) is 48.0 Å². The van der Waals surface area contributed by atoms with Gasteiger partial charge in [0.05, 0.1) is 0 Å². The summed E-state index contributed by atoms with van der Waals surface area (Å²) >= 11 is 0. The zero-order valence-electron chi connectivity index (χ0n) is 9.21. The Bertz CT molecular complexity index is 555. The Hall–Kier alpha value is -2.43. The van der Waals surface area contributed by atoms with E-state index in [4.69, 9.17) is 0 Å². The lowest BCUT2D eigenvalue weighted by molar-refractivity contribution is 0.101. The first-order chi connectivity index (χ1) is 8.18. The molecule has 0 radical (unpaired) electrons. The van der Waals surface area contributed by atoms with Crippen molar-refractivity contribution in [1.82, 2.24) is 9.97 Å². The fraction of sp³-hybridized carbons (Fsp3) is 0.0833. The molecule has 0 bridgehead atoms. The highest BCUT2D eigenvalue weighted by Crippen LogP contribution is 2.17. The maximum atomic E-state index is 11.8. The monoisotopic (exact) mass is 229 g/mol. The molecule has 5 nitrogen and oxygen atoms in total. The van der Waals surface area contributed by atoms with Gasteiger partial charge in [0.15, 0.2) is 5.69 Å². The fourth-order valence-corrected chi connectivity index (χ4v) is 1.37. The lowest BCUT2D eigenvalue weighted by atomic mass is 10.2. The van der Waals surface area contributed by atoms with E-state index in [1.807, 2.05) is 6.92 Å².